The van der Waals surface area contributed by atoms with Crippen molar-refractivity contribution in [2.24, 2.45) is 0 Å². The lowest BCUT2D eigenvalue weighted by Crippen LogP contribution is -2.42. The van der Waals surface area contributed by atoms with Gasteiger partial charge in [-0.1, -0.05) is 37.3 Å². The molecular formula is C16H22N4O. The van der Waals surface area contributed by atoms with Crippen molar-refractivity contribution in [1.82, 2.24) is 20.8 Å². The third-order valence-corrected chi connectivity index (χ3v) is 3.32. The summed E-state index contributed by atoms with van der Waals surface area (Å²) in [7, 11) is 0. The van der Waals surface area contributed by atoms with E-state index in [0.29, 0.717) is 13.1 Å². The first kappa shape index (κ1) is 15.3. The quantitative estimate of drug-likeness (QED) is 0.730. The molecule has 3 N–H and O–H groups in total. The largest absolute Gasteiger partial charge is 0.355 e. The van der Waals surface area contributed by atoms with Crippen LogP contribution < -0.4 is 10.6 Å². The molecule has 0 radical (unpaired) electrons. The van der Waals surface area contributed by atoms with E-state index in [1.807, 2.05) is 44.2 Å². The fourth-order valence-corrected chi connectivity index (χ4v) is 2.06. The van der Waals surface area contributed by atoms with E-state index < -0.39 is 0 Å². The summed E-state index contributed by atoms with van der Waals surface area (Å²) in [5.74, 6) is 0.0293. The molecule has 0 spiro atoms. The highest BCUT2D eigenvalue weighted by molar-refractivity contribution is 5.81. The van der Waals surface area contributed by atoms with Crippen LogP contribution in [0.15, 0.2) is 36.5 Å². The van der Waals surface area contributed by atoms with Gasteiger partial charge in [-0.15, -0.1) is 0 Å². The monoisotopic (exact) mass is 286 g/mol. The van der Waals surface area contributed by atoms with E-state index in [1.54, 1.807) is 6.20 Å². The van der Waals surface area contributed by atoms with E-state index in [1.165, 1.54) is 0 Å². The second-order valence-corrected chi connectivity index (χ2v) is 5.03. The molecule has 1 aromatic carbocycles. The van der Waals surface area contributed by atoms with Crippen LogP contribution in [0.3, 0.4) is 0 Å². The zero-order chi connectivity index (χ0) is 15.1. The lowest BCUT2D eigenvalue weighted by Gasteiger charge is -2.13. The first-order valence-electron chi connectivity index (χ1n) is 7.31. The van der Waals surface area contributed by atoms with E-state index in [0.717, 1.165) is 23.2 Å². The zero-order valence-electron chi connectivity index (χ0n) is 12.5. The molecule has 112 valence electrons. The number of carbonyl (C=O) groups is 1. The number of nitrogens with one attached hydrogen (secondary N) is 3. The number of aromatic amines is 1. The van der Waals surface area contributed by atoms with Gasteiger partial charge in [-0.3, -0.25) is 9.89 Å². The Kier molecular flexibility index (Phi) is 5.51. The van der Waals surface area contributed by atoms with Gasteiger partial charge in [0.2, 0.25) is 5.91 Å². The lowest BCUT2D eigenvalue weighted by molar-refractivity contribution is -0.122. The number of hydrogen-bond donors (Lipinski definition) is 3. The Labute approximate surface area is 125 Å². The molecule has 5 nitrogen and oxygen atoms in total. The third-order valence-electron chi connectivity index (χ3n) is 3.32. The summed E-state index contributed by atoms with van der Waals surface area (Å²) in [6, 6.07) is 9.82. The molecule has 1 heterocycles. The van der Waals surface area contributed by atoms with Crippen molar-refractivity contribution < 1.29 is 4.79 Å². The molecule has 2 aromatic rings. The van der Waals surface area contributed by atoms with Crippen molar-refractivity contribution in [2.75, 3.05) is 6.54 Å². The summed E-state index contributed by atoms with van der Waals surface area (Å²) < 4.78 is 0. The lowest BCUT2D eigenvalue weighted by atomic mass is 10.1. The first-order valence-corrected chi connectivity index (χ1v) is 7.31. The van der Waals surface area contributed by atoms with Gasteiger partial charge >= 0.3 is 0 Å². The molecular weight excluding hydrogens is 264 g/mol. The summed E-state index contributed by atoms with van der Waals surface area (Å²) in [5, 5.41) is 13.2. The summed E-state index contributed by atoms with van der Waals surface area (Å²) in [4.78, 5) is 11.8. The van der Waals surface area contributed by atoms with Crippen molar-refractivity contribution >= 4 is 5.91 Å². The van der Waals surface area contributed by atoms with Crippen LogP contribution in [0, 0.1) is 0 Å². The van der Waals surface area contributed by atoms with Crippen LogP contribution in [0.2, 0.25) is 0 Å². The Bertz CT molecular complexity index is 565. The number of carbonyl (C=O) groups excluding carboxylic acids is 1. The van der Waals surface area contributed by atoms with Crippen LogP contribution in [0.1, 0.15) is 25.8 Å². The summed E-state index contributed by atoms with van der Waals surface area (Å²) in [5.41, 5.74) is 3.13. The number of rotatable bonds is 7. The minimum absolute atomic E-state index is 0.0293. The normalized spacial score (nSPS) is 12.1. The second-order valence-electron chi connectivity index (χ2n) is 5.03. The number of H-pyrrole nitrogens is 1. The van der Waals surface area contributed by atoms with Crippen molar-refractivity contribution in [2.45, 2.75) is 32.9 Å². The van der Waals surface area contributed by atoms with Crippen molar-refractivity contribution in [3.63, 3.8) is 0 Å². The van der Waals surface area contributed by atoms with Gasteiger partial charge in [0.25, 0.3) is 0 Å². The fourth-order valence-electron chi connectivity index (χ4n) is 2.06. The highest BCUT2D eigenvalue weighted by atomic mass is 16.2. The number of aromatic nitrogens is 2. The molecule has 0 bridgehead atoms. The second kappa shape index (κ2) is 7.59. The highest BCUT2D eigenvalue weighted by Gasteiger charge is 2.13. The third kappa shape index (κ3) is 4.16. The molecule has 1 amide bonds. The van der Waals surface area contributed by atoms with E-state index in [2.05, 4.69) is 20.8 Å². The van der Waals surface area contributed by atoms with E-state index in [-0.39, 0.29) is 11.9 Å². The smallest absolute Gasteiger partial charge is 0.236 e. The van der Waals surface area contributed by atoms with Crippen molar-refractivity contribution in [1.29, 1.82) is 0 Å². The van der Waals surface area contributed by atoms with Crippen LogP contribution in [0.4, 0.5) is 0 Å². The van der Waals surface area contributed by atoms with Gasteiger partial charge < -0.3 is 10.6 Å². The Morgan fingerprint density at radius 1 is 1.33 bits per heavy atom. The number of amides is 1. The molecule has 1 aromatic heterocycles. The number of nitrogens with zero attached hydrogens (tertiary/aromatic N) is 1. The molecule has 5 heteroatoms. The minimum atomic E-state index is -0.227. The zero-order valence-corrected chi connectivity index (χ0v) is 12.5. The SMILES string of the molecule is CCCNC(=O)C(C)NCc1cn[nH]c1-c1ccccc1. The molecule has 1 unspecified atom stereocenters. The molecule has 0 fully saturated rings. The Hall–Kier alpha value is -2.14. The van der Waals surface area contributed by atoms with Gasteiger partial charge in [0.05, 0.1) is 17.9 Å². The molecule has 2 rings (SSSR count). The van der Waals surface area contributed by atoms with Crippen molar-refractivity contribution in [3.05, 3.63) is 42.1 Å². The Balaban J connectivity index is 1.96. The Morgan fingerprint density at radius 3 is 2.81 bits per heavy atom. The Morgan fingerprint density at radius 2 is 2.10 bits per heavy atom. The van der Waals surface area contributed by atoms with E-state index in [9.17, 15) is 4.79 Å². The van der Waals surface area contributed by atoms with Crippen LogP contribution in [0.5, 0.6) is 0 Å². The number of hydrogen-bond acceptors (Lipinski definition) is 3. The van der Waals surface area contributed by atoms with Gasteiger partial charge in [-0.25, -0.2) is 0 Å². The van der Waals surface area contributed by atoms with Gasteiger partial charge in [0.15, 0.2) is 0 Å². The molecule has 0 aliphatic carbocycles. The summed E-state index contributed by atoms with van der Waals surface area (Å²) in [6.07, 6.45) is 2.74. The highest BCUT2D eigenvalue weighted by Crippen LogP contribution is 2.20. The average molecular weight is 286 g/mol. The van der Waals surface area contributed by atoms with Gasteiger partial charge in [-0.2, -0.15) is 5.10 Å². The molecule has 0 saturated heterocycles. The predicted molar refractivity (Wildman–Crippen MR) is 83.6 cm³/mol. The predicted octanol–water partition coefficient (Wildman–Crippen LogP) is 2.08. The molecule has 0 saturated carbocycles. The topological polar surface area (TPSA) is 69.8 Å². The maximum atomic E-state index is 11.8. The average Bonchev–Trinajstić information content (AvgIpc) is 2.99. The first-order chi connectivity index (χ1) is 10.2. The van der Waals surface area contributed by atoms with E-state index >= 15 is 0 Å². The molecule has 1 atom stereocenters. The van der Waals surface area contributed by atoms with E-state index in [4.69, 9.17) is 0 Å². The van der Waals surface area contributed by atoms with Crippen LogP contribution in [-0.2, 0) is 11.3 Å². The molecule has 0 aliphatic heterocycles. The maximum absolute atomic E-state index is 11.8. The molecule has 0 aliphatic rings. The minimum Gasteiger partial charge on any atom is -0.355 e. The molecule has 21 heavy (non-hydrogen) atoms. The van der Waals surface area contributed by atoms with Gasteiger partial charge in [0, 0.05) is 18.7 Å². The van der Waals surface area contributed by atoms with Crippen LogP contribution in [0.25, 0.3) is 11.3 Å². The van der Waals surface area contributed by atoms with Crippen LogP contribution >= 0.6 is 0 Å². The number of benzene rings is 1. The summed E-state index contributed by atoms with van der Waals surface area (Å²) >= 11 is 0. The van der Waals surface area contributed by atoms with Gasteiger partial charge in [-0.05, 0) is 18.9 Å². The van der Waals surface area contributed by atoms with Gasteiger partial charge in [0.1, 0.15) is 0 Å². The van der Waals surface area contributed by atoms with Crippen LogP contribution in [-0.4, -0.2) is 28.7 Å². The maximum Gasteiger partial charge on any atom is 0.236 e. The van der Waals surface area contributed by atoms with Crippen molar-refractivity contribution in [3.8, 4) is 11.3 Å². The fraction of sp³-hybridized carbons (Fsp3) is 0.375. The standard InChI is InChI=1S/C16H22N4O/c1-3-9-17-16(21)12(2)18-10-14-11-19-20-15(14)13-7-5-4-6-8-13/h4-8,11-12,18H,3,9-10H2,1-2H3,(H,17,21)(H,19,20). The summed E-state index contributed by atoms with van der Waals surface area (Å²) in [6.45, 7) is 5.22.